The Kier molecular flexibility index (Phi) is 5.71. The van der Waals surface area contributed by atoms with E-state index >= 15 is 0 Å². The average Bonchev–Trinajstić information content (AvgIpc) is 2.37. The fourth-order valence-corrected chi connectivity index (χ4v) is 1.88. The van der Waals surface area contributed by atoms with Crippen molar-refractivity contribution in [3.05, 3.63) is 29.3 Å². The molecular weight excluding hydrogens is 278 g/mol. The Bertz CT molecular complexity index is 538. The monoisotopic (exact) mass is 295 g/mol. The van der Waals surface area contributed by atoms with Crippen molar-refractivity contribution in [1.82, 2.24) is 4.90 Å². The molecule has 0 unspecified atom stereocenters. The highest BCUT2D eigenvalue weighted by Gasteiger charge is 2.21. The summed E-state index contributed by atoms with van der Waals surface area (Å²) in [5.41, 5.74) is 1.50. The largest absolute Gasteiger partial charge is 0.496 e. The van der Waals surface area contributed by atoms with Crippen LogP contribution in [0.25, 0.3) is 0 Å². The van der Waals surface area contributed by atoms with Gasteiger partial charge in [0.05, 0.1) is 13.5 Å². The van der Waals surface area contributed by atoms with Crippen molar-refractivity contribution >= 4 is 17.8 Å². The second kappa shape index (κ2) is 7.28. The number of carboxylic acid groups (broad SMARTS) is 2. The van der Waals surface area contributed by atoms with Crippen molar-refractivity contribution in [2.75, 3.05) is 20.2 Å². The maximum Gasteiger partial charge on any atom is 0.323 e. The fraction of sp³-hybridized carbons (Fsp3) is 0.357. The molecule has 114 valence electrons. The molecule has 0 aliphatic heterocycles. The fourth-order valence-electron chi connectivity index (χ4n) is 1.88. The Morgan fingerprint density at radius 1 is 1.14 bits per heavy atom. The van der Waals surface area contributed by atoms with Crippen LogP contribution in [0, 0.1) is 6.92 Å². The number of rotatable bonds is 7. The zero-order valence-electron chi connectivity index (χ0n) is 11.8. The number of carbonyl (C=O) groups is 3. The minimum absolute atomic E-state index is 0.120. The molecule has 0 atom stereocenters. The van der Waals surface area contributed by atoms with Crippen LogP contribution < -0.4 is 4.74 Å². The van der Waals surface area contributed by atoms with Crippen LogP contribution in [0.3, 0.4) is 0 Å². The molecule has 0 fully saturated rings. The first-order valence-electron chi connectivity index (χ1n) is 6.18. The van der Waals surface area contributed by atoms with Gasteiger partial charge in [0, 0.05) is 5.56 Å². The molecule has 0 saturated heterocycles. The summed E-state index contributed by atoms with van der Waals surface area (Å²) in [6.07, 6.45) is -0.120. The summed E-state index contributed by atoms with van der Waals surface area (Å²) < 4.78 is 5.14. The predicted molar refractivity (Wildman–Crippen MR) is 73.3 cm³/mol. The minimum Gasteiger partial charge on any atom is -0.496 e. The average molecular weight is 295 g/mol. The van der Waals surface area contributed by atoms with Gasteiger partial charge in [-0.05, 0) is 13.0 Å². The van der Waals surface area contributed by atoms with Gasteiger partial charge < -0.3 is 19.8 Å². The molecule has 1 rings (SSSR count). The summed E-state index contributed by atoms with van der Waals surface area (Å²) >= 11 is 0. The Hall–Kier alpha value is -2.57. The van der Waals surface area contributed by atoms with Gasteiger partial charge in [0.25, 0.3) is 0 Å². The standard InChI is InChI=1S/C14H17NO6/c1-9-3-4-11(21-2)10(5-9)6-12(16)15(7-13(17)18)8-14(19)20/h3-5H,6-8H2,1-2H3,(H,17,18)(H,19,20). The molecule has 1 aromatic carbocycles. The number of carbonyl (C=O) groups excluding carboxylic acids is 1. The van der Waals surface area contributed by atoms with E-state index in [-0.39, 0.29) is 6.42 Å². The Labute approximate surface area is 121 Å². The van der Waals surface area contributed by atoms with Crippen molar-refractivity contribution in [3.63, 3.8) is 0 Å². The topological polar surface area (TPSA) is 104 Å². The molecule has 7 heteroatoms. The number of methoxy groups -OCH3 is 1. The zero-order valence-corrected chi connectivity index (χ0v) is 11.8. The second-order valence-corrected chi connectivity index (χ2v) is 4.53. The van der Waals surface area contributed by atoms with E-state index in [2.05, 4.69) is 0 Å². The van der Waals surface area contributed by atoms with E-state index in [1.165, 1.54) is 7.11 Å². The zero-order chi connectivity index (χ0) is 16.0. The van der Waals surface area contributed by atoms with Crippen LogP contribution in [0.5, 0.6) is 5.75 Å². The van der Waals surface area contributed by atoms with Crippen LogP contribution in [-0.2, 0) is 20.8 Å². The molecule has 2 N–H and O–H groups in total. The molecule has 1 aromatic rings. The van der Waals surface area contributed by atoms with Crippen molar-refractivity contribution in [1.29, 1.82) is 0 Å². The molecule has 0 bridgehead atoms. The number of carboxylic acids is 2. The highest BCUT2D eigenvalue weighted by atomic mass is 16.5. The second-order valence-electron chi connectivity index (χ2n) is 4.53. The number of ether oxygens (including phenoxy) is 1. The number of amides is 1. The number of aryl methyl sites for hydroxylation is 1. The van der Waals surface area contributed by atoms with E-state index in [0.717, 1.165) is 10.5 Å². The first kappa shape index (κ1) is 16.5. The van der Waals surface area contributed by atoms with E-state index in [1.54, 1.807) is 12.1 Å². The maximum absolute atomic E-state index is 12.1. The molecule has 0 aromatic heterocycles. The molecular formula is C14H17NO6. The highest BCUT2D eigenvalue weighted by Crippen LogP contribution is 2.20. The van der Waals surface area contributed by atoms with Gasteiger partial charge >= 0.3 is 11.9 Å². The third-order valence-corrected chi connectivity index (χ3v) is 2.78. The van der Waals surface area contributed by atoms with Gasteiger partial charge in [0.15, 0.2) is 0 Å². The van der Waals surface area contributed by atoms with Crippen LogP contribution in [-0.4, -0.2) is 53.2 Å². The van der Waals surface area contributed by atoms with E-state index in [1.807, 2.05) is 13.0 Å². The lowest BCUT2D eigenvalue weighted by molar-refractivity contribution is -0.149. The SMILES string of the molecule is COc1ccc(C)cc1CC(=O)N(CC(=O)O)CC(=O)O. The van der Waals surface area contributed by atoms with Crippen LogP contribution >= 0.6 is 0 Å². The molecule has 0 heterocycles. The highest BCUT2D eigenvalue weighted by molar-refractivity contribution is 5.86. The van der Waals surface area contributed by atoms with Crippen LogP contribution in [0.15, 0.2) is 18.2 Å². The minimum atomic E-state index is -1.26. The number of aliphatic carboxylic acids is 2. The number of hydrogen-bond acceptors (Lipinski definition) is 4. The summed E-state index contributed by atoms with van der Waals surface area (Å²) in [5.74, 6) is -2.61. The normalized spacial score (nSPS) is 10.0. The number of nitrogens with zero attached hydrogens (tertiary/aromatic N) is 1. The quantitative estimate of drug-likeness (QED) is 0.761. The van der Waals surface area contributed by atoms with Gasteiger partial charge in [-0.3, -0.25) is 14.4 Å². The number of benzene rings is 1. The molecule has 0 aliphatic carbocycles. The number of hydrogen-bond donors (Lipinski definition) is 2. The van der Waals surface area contributed by atoms with Crippen molar-refractivity contribution < 1.29 is 29.3 Å². The molecule has 0 aliphatic rings. The third kappa shape index (κ3) is 5.13. The van der Waals surface area contributed by atoms with E-state index in [9.17, 15) is 14.4 Å². The summed E-state index contributed by atoms with van der Waals surface area (Å²) in [4.78, 5) is 34.3. The molecule has 0 spiro atoms. The third-order valence-electron chi connectivity index (χ3n) is 2.78. The molecule has 0 saturated carbocycles. The smallest absolute Gasteiger partial charge is 0.323 e. The summed E-state index contributed by atoms with van der Waals surface area (Å²) in [6.45, 7) is 0.540. The van der Waals surface area contributed by atoms with Gasteiger partial charge in [0.1, 0.15) is 18.8 Å². The lowest BCUT2D eigenvalue weighted by atomic mass is 10.1. The maximum atomic E-state index is 12.1. The summed E-state index contributed by atoms with van der Waals surface area (Å²) in [7, 11) is 1.46. The van der Waals surface area contributed by atoms with Gasteiger partial charge in [-0.25, -0.2) is 0 Å². The summed E-state index contributed by atoms with van der Waals surface area (Å²) in [6, 6.07) is 5.27. The van der Waals surface area contributed by atoms with Crippen molar-refractivity contribution in [2.24, 2.45) is 0 Å². The Morgan fingerprint density at radius 2 is 1.71 bits per heavy atom. The van der Waals surface area contributed by atoms with E-state index in [4.69, 9.17) is 14.9 Å². The summed E-state index contributed by atoms with van der Waals surface area (Å²) in [5, 5.41) is 17.5. The Balaban J connectivity index is 2.92. The van der Waals surface area contributed by atoms with Crippen LogP contribution in [0.1, 0.15) is 11.1 Å². The van der Waals surface area contributed by atoms with E-state index < -0.39 is 30.9 Å². The Morgan fingerprint density at radius 3 is 2.19 bits per heavy atom. The van der Waals surface area contributed by atoms with E-state index in [0.29, 0.717) is 11.3 Å². The van der Waals surface area contributed by atoms with Crippen molar-refractivity contribution in [2.45, 2.75) is 13.3 Å². The lowest BCUT2D eigenvalue weighted by Gasteiger charge is -2.19. The van der Waals surface area contributed by atoms with Crippen LogP contribution in [0.4, 0.5) is 0 Å². The predicted octanol–water partition coefficient (Wildman–Crippen LogP) is 0.544. The van der Waals surface area contributed by atoms with Crippen LogP contribution in [0.2, 0.25) is 0 Å². The molecule has 0 radical (unpaired) electrons. The lowest BCUT2D eigenvalue weighted by Crippen LogP contribution is -2.40. The van der Waals surface area contributed by atoms with Crippen molar-refractivity contribution in [3.8, 4) is 5.75 Å². The molecule has 7 nitrogen and oxygen atoms in total. The molecule has 21 heavy (non-hydrogen) atoms. The van der Waals surface area contributed by atoms with Gasteiger partial charge in [0.2, 0.25) is 5.91 Å². The first-order valence-corrected chi connectivity index (χ1v) is 6.18. The van der Waals surface area contributed by atoms with Gasteiger partial charge in [-0.2, -0.15) is 0 Å². The van der Waals surface area contributed by atoms with Gasteiger partial charge in [-0.1, -0.05) is 17.7 Å². The molecule has 1 amide bonds. The van der Waals surface area contributed by atoms with Gasteiger partial charge in [-0.15, -0.1) is 0 Å². The first-order chi connectivity index (χ1) is 9.83.